The number of nitrogens with zero attached hydrogens (tertiary/aromatic N) is 2. The number of carbonyl (C=O) groups excluding carboxylic acids is 2. The van der Waals surface area contributed by atoms with Gasteiger partial charge in [-0.1, -0.05) is 24.3 Å². The molecule has 2 aromatic carbocycles. The number of hydrogen-bond acceptors (Lipinski definition) is 3. The van der Waals surface area contributed by atoms with E-state index >= 15 is 0 Å². The van der Waals surface area contributed by atoms with E-state index < -0.39 is 11.7 Å². The molecule has 5 nitrogen and oxygen atoms in total. The van der Waals surface area contributed by atoms with E-state index in [0.717, 1.165) is 11.3 Å². The van der Waals surface area contributed by atoms with Crippen molar-refractivity contribution in [1.82, 2.24) is 4.98 Å². The van der Waals surface area contributed by atoms with Gasteiger partial charge in [0.2, 0.25) is 0 Å². The molecule has 0 bridgehead atoms. The average molecular weight is 377 g/mol. The second-order valence-electron chi connectivity index (χ2n) is 6.26. The van der Waals surface area contributed by atoms with Crippen LogP contribution >= 0.6 is 0 Å². The van der Waals surface area contributed by atoms with Crippen LogP contribution in [0.25, 0.3) is 0 Å². The molecule has 6 heteroatoms. The lowest BCUT2D eigenvalue weighted by Crippen LogP contribution is -2.31. The summed E-state index contributed by atoms with van der Waals surface area (Å²) in [5.41, 5.74) is 2.37. The van der Waals surface area contributed by atoms with Gasteiger partial charge in [-0.05, 0) is 61.9 Å². The van der Waals surface area contributed by atoms with Gasteiger partial charge in [0.15, 0.2) is 0 Å². The van der Waals surface area contributed by atoms with Crippen LogP contribution < -0.4 is 10.2 Å². The predicted molar refractivity (Wildman–Crippen MR) is 107 cm³/mol. The van der Waals surface area contributed by atoms with Crippen molar-refractivity contribution in [3.8, 4) is 0 Å². The van der Waals surface area contributed by atoms with Gasteiger partial charge >= 0.3 is 0 Å². The molecule has 0 aliphatic heterocycles. The third kappa shape index (κ3) is 4.40. The number of aryl methyl sites for hydroxylation is 1. The Morgan fingerprint density at radius 3 is 2.43 bits per heavy atom. The van der Waals surface area contributed by atoms with Crippen molar-refractivity contribution in [3.63, 3.8) is 0 Å². The van der Waals surface area contributed by atoms with Crippen molar-refractivity contribution in [2.45, 2.75) is 13.8 Å². The van der Waals surface area contributed by atoms with Gasteiger partial charge in [0.1, 0.15) is 17.2 Å². The standard InChI is InChI=1S/C22H20FN3O2/c1-3-26(18-10-4-7-15(2)13-18)22(28)20-12-6-11-19(25-20)21(27)24-17-9-5-8-16(23)14-17/h4-14H,3H2,1-2H3,(H,24,27). The monoisotopic (exact) mass is 377 g/mol. The molecule has 3 rings (SSSR count). The van der Waals surface area contributed by atoms with E-state index in [9.17, 15) is 14.0 Å². The van der Waals surface area contributed by atoms with Crippen LogP contribution in [0.1, 0.15) is 33.5 Å². The quantitative estimate of drug-likeness (QED) is 0.715. The van der Waals surface area contributed by atoms with Crippen LogP contribution in [0, 0.1) is 12.7 Å². The van der Waals surface area contributed by atoms with Crippen molar-refractivity contribution in [3.05, 3.63) is 89.5 Å². The Labute approximate surface area is 162 Å². The normalized spacial score (nSPS) is 10.4. The molecule has 3 aromatic rings. The Bertz CT molecular complexity index is 1020. The van der Waals surface area contributed by atoms with Crippen molar-refractivity contribution in [1.29, 1.82) is 0 Å². The highest BCUT2D eigenvalue weighted by molar-refractivity contribution is 6.07. The molecule has 1 aromatic heterocycles. The number of amides is 2. The lowest BCUT2D eigenvalue weighted by Gasteiger charge is -2.21. The largest absolute Gasteiger partial charge is 0.321 e. The lowest BCUT2D eigenvalue weighted by molar-refractivity contribution is 0.0983. The fraction of sp³-hybridized carbons (Fsp3) is 0.136. The molecule has 0 radical (unpaired) electrons. The molecule has 0 spiro atoms. The number of benzene rings is 2. The second kappa shape index (κ2) is 8.43. The number of halogens is 1. The van der Waals surface area contributed by atoms with Crippen LogP contribution in [0.4, 0.5) is 15.8 Å². The molecule has 0 saturated carbocycles. The van der Waals surface area contributed by atoms with E-state index in [4.69, 9.17) is 0 Å². The molecular formula is C22H20FN3O2. The first-order valence-electron chi connectivity index (χ1n) is 8.90. The number of hydrogen-bond donors (Lipinski definition) is 1. The topological polar surface area (TPSA) is 62.3 Å². The van der Waals surface area contributed by atoms with Crippen molar-refractivity contribution in [2.24, 2.45) is 0 Å². The maximum atomic E-state index is 13.3. The molecule has 0 fully saturated rings. The third-order valence-corrected chi connectivity index (χ3v) is 4.16. The van der Waals surface area contributed by atoms with E-state index in [2.05, 4.69) is 10.3 Å². The van der Waals surface area contributed by atoms with Crippen LogP contribution in [0.3, 0.4) is 0 Å². The fourth-order valence-electron chi connectivity index (χ4n) is 2.82. The molecule has 28 heavy (non-hydrogen) atoms. The number of anilines is 2. The molecule has 0 saturated heterocycles. The predicted octanol–water partition coefficient (Wildman–Crippen LogP) is 4.45. The van der Waals surface area contributed by atoms with Gasteiger partial charge < -0.3 is 10.2 Å². The Kier molecular flexibility index (Phi) is 5.79. The van der Waals surface area contributed by atoms with E-state index in [1.807, 2.05) is 38.1 Å². The molecular weight excluding hydrogens is 357 g/mol. The molecule has 142 valence electrons. The van der Waals surface area contributed by atoms with E-state index in [-0.39, 0.29) is 17.3 Å². The summed E-state index contributed by atoms with van der Waals surface area (Å²) >= 11 is 0. The molecule has 2 amide bonds. The minimum atomic E-state index is -0.515. The van der Waals surface area contributed by atoms with Gasteiger partial charge in [-0.25, -0.2) is 9.37 Å². The summed E-state index contributed by atoms with van der Waals surface area (Å²) in [6.07, 6.45) is 0. The lowest BCUT2D eigenvalue weighted by atomic mass is 10.2. The number of rotatable bonds is 5. The second-order valence-corrected chi connectivity index (χ2v) is 6.26. The van der Waals surface area contributed by atoms with Crippen LogP contribution in [0.2, 0.25) is 0 Å². The Morgan fingerprint density at radius 2 is 1.71 bits per heavy atom. The van der Waals surface area contributed by atoms with E-state index in [0.29, 0.717) is 12.2 Å². The first-order valence-corrected chi connectivity index (χ1v) is 8.90. The SMILES string of the molecule is CCN(C(=O)c1cccc(C(=O)Nc2cccc(F)c2)n1)c1cccc(C)c1. The first kappa shape index (κ1) is 19.2. The Morgan fingerprint density at radius 1 is 1.00 bits per heavy atom. The zero-order chi connectivity index (χ0) is 20.1. The van der Waals surface area contributed by atoms with Gasteiger partial charge in [-0.3, -0.25) is 9.59 Å². The van der Waals surface area contributed by atoms with Gasteiger partial charge in [0.25, 0.3) is 11.8 Å². The Balaban J connectivity index is 1.83. The summed E-state index contributed by atoms with van der Waals surface area (Å²) in [5.74, 6) is -1.27. The summed E-state index contributed by atoms with van der Waals surface area (Å²) < 4.78 is 13.3. The van der Waals surface area contributed by atoms with Crippen molar-refractivity contribution < 1.29 is 14.0 Å². The highest BCUT2D eigenvalue weighted by atomic mass is 19.1. The molecule has 0 atom stereocenters. The molecule has 0 aliphatic rings. The number of aromatic nitrogens is 1. The van der Waals surface area contributed by atoms with Crippen LogP contribution in [0.5, 0.6) is 0 Å². The highest BCUT2D eigenvalue weighted by Crippen LogP contribution is 2.18. The summed E-state index contributed by atoms with van der Waals surface area (Å²) in [6.45, 7) is 4.29. The molecule has 0 unspecified atom stereocenters. The van der Waals surface area contributed by atoms with Gasteiger partial charge in [0, 0.05) is 17.9 Å². The van der Waals surface area contributed by atoms with E-state index in [1.165, 1.54) is 24.3 Å². The van der Waals surface area contributed by atoms with Gasteiger partial charge in [0.05, 0.1) is 0 Å². The van der Waals surface area contributed by atoms with Gasteiger partial charge in [-0.2, -0.15) is 0 Å². The Hall–Kier alpha value is -3.54. The van der Waals surface area contributed by atoms with Crippen molar-refractivity contribution >= 4 is 23.2 Å². The summed E-state index contributed by atoms with van der Waals surface area (Å²) in [6, 6.07) is 17.9. The van der Waals surface area contributed by atoms with Crippen LogP contribution in [0.15, 0.2) is 66.7 Å². The van der Waals surface area contributed by atoms with Crippen molar-refractivity contribution in [2.75, 3.05) is 16.8 Å². The zero-order valence-electron chi connectivity index (χ0n) is 15.6. The first-order chi connectivity index (χ1) is 13.5. The highest BCUT2D eigenvalue weighted by Gasteiger charge is 2.19. The number of nitrogens with one attached hydrogen (secondary N) is 1. The maximum Gasteiger partial charge on any atom is 0.276 e. The molecule has 0 aliphatic carbocycles. The van der Waals surface area contributed by atoms with Crippen LogP contribution in [-0.2, 0) is 0 Å². The molecule has 1 heterocycles. The third-order valence-electron chi connectivity index (χ3n) is 4.16. The zero-order valence-corrected chi connectivity index (χ0v) is 15.6. The molecule has 1 N–H and O–H groups in total. The van der Waals surface area contributed by atoms with Crippen LogP contribution in [-0.4, -0.2) is 23.3 Å². The maximum absolute atomic E-state index is 13.3. The number of carbonyl (C=O) groups is 2. The minimum absolute atomic E-state index is 0.0791. The smallest absolute Gasteiger partial charge is 0.276 e. The van der Waals surface area contributed by atoms with Gasteiger partial charge in [-0.15, -0.1) is 0 Å². The fourth-order valence-corrected chi connectivity index (χ4v) is 2.82. The summed E-state index contributed by atoms with van der Waals surface area (Å²) in [4.78, 5) is 31.2. The summed E-state index contributed by atoms with van der Waals surface area (Å²) in [7, 11) is 0. The van der Waals surface area contributed by atoms with E-state index in [1.54, 1.807) is 23.1 Å². The number of pyridine rings is 1. The average Bonchev–Trinajstić information content (AvgIpc) is 2.68. The summed E-state index contributed by atoms with van der Waals surface area (Å²) in [5, 5.41) is 2.58. The minimum Gasteiger partial charge on any atom is -0.321 e.